The quantitative estimate of drug-likeness (QED) is 0.800. The van der Waals surface area contributed by atoms with E-state index in [9.17, 15) is 5.11 Å². The maximum Gasteiger partial charge on any atom is 0.152 e. The number of aliphatic hydroxyl groups excluding tert-OH is 1. The Hall–Kier alpha value is -0.650. The first kappa shape index (κ1) is 8.93. The van der Waals surface area contributed by atoms with Crippen molar-refractivity contribution in [1.82, 2.24) is 4.98 Å². The minimum absolute atomic E-state index is 0.345. The normalized spacial score (nSPS) is 22.3. The molecule has 1 saturated heterocycles. The number of hydroxylamine groups is 1. The Morgan fingerprint density at radius 1 is 1.62 bits per heavy atom. The van der Waals surface area contributed by atoms with Crippen LogP contribution < -0.4 is 5.06 Å². The number of aromatic nitrogens is 1. The fourth-order valence-corrected chi connectivity index (χ4v) is 1.38. The molecule has 0 spiro atoms. The number of halogens is 1. The lowest BCUT2D eigenvalue weighted by atomic mass is 10.4. The number of anilines is 1. The van der Waals surface area contributed by atoms with Gasteiger partial charge in [-0.2, -0.15) is 0 Å². The number of hydrogen-bond donors (Lipinski definition) is 1. The lowest BCUT2D eigenvalue weighted by molar-refractivity contribution is 0.115. The van der Waals surface area contributed by atoms with Gasteiger partial charge in [0, 0.05) is 10.7 Å². The molecule has 2 rings (SSSR count). The lowest BCUT2D eigenvalue weighted by Crippen LogP contribution is -2.20. The molecule has 1 aromatic rings. The summed E-state index contributed by atoms with van der Waals surface area (Å²) in [5, 5.41) is 10.8. The molecule has 0 aromatic carbocycles. The average molecular weight is 245 g/mol. The third kappa shape index (κ3) is 1.99. The third-order valence-corrected chi connectivity index (χ3v) is 2.24. The van der Waals surface area contributed by atoms with E-state index in [1.165, 1.54) is 0 Å². The van der Waals surface area contributed by atoms with E-state index in [1.54, 1.807) is 11.3 Å². The van der Waals surface area contributed by atoms with Crippen molar-refractivity contribution < 1.29 is 9.94 Å². The van der Waals surface area contributed by atoms with Gasteiger partial charge in [0.2, 0.25) is 0 Å². The number of β-amino-alcohol motifs (C(OH)–C–C–N with tert-alkyl or cyclic N) is 1. The van der Waals surface area contributed by atoms with Crippen LogP contribution in [0.5, 0.6) is 0 Å². The molecule has 1 atom stereocenters. The van der Waals surface area contributed by atoms with E-state index in [0.717, 1.165) is 10.3 Å². The van der Waals surface area contributed by atoms with Gasteiger partial charge in [0.15, 0.2) is 5.82 Å². The number of aliphatic hydroxyl groups is 1. The molecule has 4 nitrogen and oxygen atoms in total. The maximum absolute atomic E-state index is 9.21. The highest BCUT2D eigenvalue weighted by molar-refractivity contribution is 9.10. The van der Waals surface area contributed by atoms with E-state index < -0.39 is 6.10 Å². The average Bonchev–Trinajstić information content (AvgIpc) is 2.53. The molecule has 0 amide bonds. The highest BCUT2D eigenvalue weighted by Crippen LogP contribution is 2.18. The molecule has 1 N–H and O–H groups in total. The summed E-state index contributed by atoms with van der Waals surface area (Å²) in [5.74, 6) is 0.722. The Balaban J connectivity index is 2.13. The Kier molecular flexibility index (Phi) is 2.48. The third-order valence-electron chi connectivity index (χ3n) is 1.77. The van der Waals surface area contributed by atoms with Gasteiger partial charge in [0.1, 0.15) is 6.61 Å². The van der Waals surface area contributed by atoms with E-state index in [0.29, 0.717) is 13.2 Å². The van der Waals surface area contributed by atoms with Gasteiger partial charge >= 0.3 is 0 Å². The zero-order valence-corrected chi connectivity index (χ0v) is 8.44. The highest BCUT2D eigenvalue weighted by atomic mass is 79.9. The second-order valence-corrected chi connectivity index (χ2v) is 3.76. The molecule has 1 fully saturated rings. The molecule has 1 aliphatic heterocycles. The van der Waals surface area contributed by atoms with E-state index in [-0.39, 0.29) is 0 Å². The Morgan fingerprint density at radius 3 is 3.00 bits per heavy atom. The summed E-state index contributed by atoms with van der Waals surface area (Å²) in [7, 11) is 0. The summed E-state index contributed by atoms with van der Waals surface area (Å²) in [6.07, 6.45) is 1.29. The molecule has 5 heteroatoms. The standard InChI is InChI=1S/C8H9BrN2O2/c9-6-1-2-8(10-3-6)11-4-7(12)5-13-11/h1-3,7,12H,4-5H2. The van der Waals surface area contributed by atoms with Gasteiger partial charge < -0.3 is 5.11 Å². The van der Waals surface area contributed by atoms with Crippen molar-refractivity contribution in [2.45, 2.75) is 6.10 Å². The predicted octanol–water partition coefficient (Wildman–Crippen LogP) is 0.957. The first-order valence-electron chi connectivity index (χ1n) is 3.96. The fourth-order valence-electron chi connectivity index (χ4n) is 1.15. The van der Waals surface area contributed by atoms with Crippen molar-refractivity contribution >= 4 is 21.7 Å². The molecule has 70 valence electrons. The lowest BCUT2D eigenvalue weighted by Gasteiger charge is -2.13. The molecule has 0 saturated carbocycles. The second kappa shape index (κ2) is 3.61. The summed E-state index contributed by atoms with van der Waals surface area (Å²) >= 11 is 3.29. The molecular weight excluding hydrogens is 236 g/mol. The predicted molar refractivity (Wildman–Crippen MR) is 51.2 cm³/mol. The van der Waals surface area contributed by atoms with Gasteiger partial charge in [-0.25, -0.2) is 10.0 Å². The number of rotatable bonds is 1. The second-order valence-electron chi connectivity index (χ2n) is 2.85. The Labute approximate surface area is 84.2 Å². The van der Waals surface area contributed by atoms with Crippen LogP contribution in [0.1, 0.15) is 0 Å². The maximum atomic E-state index is 9.21. The van der Waals surface area contributed by atoms with Gasteiger partial charge in [0.25, 0.3) is 0 Å². The summed E-state index contributed by atoms with van der Waals surface area (Å²) in [6.45, 7) is 0.826. The van der Waals surface area contributed by atoms with Crippen LogP contribution in [0, 0.1) is 0 Å². The van der Waals surface area contributed by atoms with Crippen molar-refractivity contribution in [3.05, 3.63) is 22.8 Å². The number of pyridine rings is 1. The van der Waals surface area contributed by atoms with Gasteiger partial charge in [0.05, 0.1) is 12.6 Å². The molecule has 1 unspecified atom stereocenters. The van der Waals surface area contributed by atoms with Crippen LogP contribution in [0.4, 0.5) is 5.82 Å². The highest BCUT2D eigenvalue weighted by Gasteiger charge is 2.22. The van der Waals surface area contributed by atoms with Crippen LogP contribution in [0.3, 0.4) is 0 Å². The summed E-state index contributed by atoms with van der Waals surface area (Å²) in [5.41, 5.74) is 0. The monoisotopic (exact) mass is 244 g/mol. The van der Waals surface area contributed by atoms with Crippen molar-refractivity contribution in [1.29, 1.82) is 0 Å². The molecule has 13 heavy (non-hydrogen) atoms. The van der Waals surface area contributed by atoms with Gasteiger partial charge in [-0.15, -0.1) is 0 Å². The summed E-state index contributed by atoms with van der Waals surface area (Å²) in [4.78, 5) is 9.33. The largest absolute Gasteiger partial charge is 0.389 e. The van der Waals surface area contributed by atoms with E-state index in [4.69, 9.17) is 4.84 Å². The topological polar surface area (TPSA) is 45.6 Å². The Morgan fingerprint density at radius 2 is 2.46 bits per heavy atom. The SMILES string of the molecule is OC1CON(c2ccc(Br)cn2)C1. The first-order chi connectivity index (χ1) is 6.25. The van der Waals surface area contributed by atoms with Crippen LogP contribution in [0.2, 0.25) is 0 Å². The van der Waals surface area contributed by atoms with Crippen LogP contribution in [-0.4, -0.2) is 29.3 Å². The van der Waals surface area contributed by atoms with Crippen molar-refractivity contribution in [2.75, 3.05) is 18.2 Å². The molecule has 1 aliphatic rings. The van der Waals surface area contributed by atoms with E-state index >= 15 is 0 Å². The molecule has 0 radical (unpaired) electrons. The molecule has 0 bridgehead atoms. The van der Waals surface area contributed by atoms with Crippen LogP contribution >= 0.6 is 15.9 Å². The Bertz CT molecular complexity index is 291. The summed E-state index contributed by atoms with van der Waals surface area (Å²) in [6, 6.07) is 3.72. The molecule has 1 aromatic heterocycles. The minimum Gasteiger partial charge on any atom is -0.389 e. The molecule has 2 heterocycles. The van der Waals surface area contributed by atoms with Crippen LogP contribution in [-0.2, 0) is 4.84 Å². The van der Waals surface area contributed by atoms with E-state index in [2.05, 4.69) is 20.9 Å². The number of nitrogens with zero attached hydrogens (tertiary/aromatic N) is 2. The molecular formula is C8H9BrN2O2. The van der Waals surface area contributed by atoms with Crippen molar-refractivity contribution in [2.24, 2.45) is 0 Å². The zero-order valence-electron chi connectivity index (χ0n) is 6.85. The van der Waals surface area contributed by atoms with Crippen LogP contribution in [0.25, 0.3) is 0 Å². The first-order valence-corrected chi connectivity index (χ1v) is 4.75. The zero-order chi connectivity index (χ0) is 9.26. The van der Waals surface area contributed by atoms with Gasteiger partial charge in [-0.3, -0.25) is 4.84 Å². The van der Waals surface area contributed by atoms with Gasteiger partial charge in [-0.1, -0.05) is 0 Å². The van der Waals surface area contributed by atoms with Crippen LogP contribution in [0.15, 0.2) is 22.8 Å². The molecule has 0 aliphatic carbocycles. The summed E-state index contributed by atoms with van der Waals surface area (Å²) < 4.78 is 0.927. The number of hydrogen-bond acceptors (Lipinski definition) is 4. The fraction of sp³-hybridized carbons (Fsp3) is 0.375. The smallest absolute Gasteiger partial charge is 0.152 e. The minimum atomic E-state index is -0.412. The van der Waals surface area contributed by atoms with E-state index in [1.807, 2.05) is 12.1 Å². The van der Waals surface area contributed by atoms with Crippen molar-refractivity contribution in [3.8, 4) is 0 Å². The van der Waals surface area contributed by atoms with Gasteiger partial charge in [-0.05, 0) is 28.1 Å². The van der Waals surface area contributed by atoms with Crippen molar-refractivity contribution in [3.63, 3.8) is 0 Å².